The zero-order chi connectivity index (χ0) is 21.0. The first kappa shape index (κ1) is 24.1. The monoisotopic (exact) mass is 432 g/mol. The van der Waals surface area contributed by atoms with Crippen LogP contribution in [0.25, 0.3) is 0 Å². The van der Waals surface area contributed by atoms with Crippen molar-refractivity contribution in [3.8, 4) is 0 Å². The van der Waals surface area contributed by atoms with Crippen LogP contribution in [0.15, 0.2) is 24.4 Å². The number of halogens is 6. The minimum atomic E-state index is -6.60. The Kier molecular flexibility index (Phi) is 7.56. The highest BCUT2D eigenvalue weighted by Gasteiger charge is 2.55. The van der Waals surface area contributed by atoms with Crippen LogP contribution in [0.5, 0.6) is 0 Å². The van der Waals surface area contributed by atoms with E-state index in [0.29, 0.717) is 5.69 Å². The summed E-state index contributed by atoms with van der Waals surface area (Å²) in [5.74, 6) is -1.36. The van der Waals surface area contributed by atoms with Crippen molar-refractivity contribution in [3.05, 3.63) is 30.1 Å². The fourth-order valence-electron chi connectivity index (χ4n) is 0.998. The maximum atomic E-state index is 11.5. The standard InChI is InChI=1S/C8H9NO2.C2HF6NO4S2/c1-6(8(10)11)7-4-2-3-5-9-7;3-1(4,5)14(10,11)9-15(12,13)2(6,7)8/h2-6H,1H3,(H,10,11);9H. The molecule has 0 saturated carbocycles. The maximum absolute atomic E-state index is 11.5. The van der Waals surface area contributed by atoms with E-state index in [1.807, 2.05) is 0 Å². The summed E-state index contributed by atoms with van der Waals surface area (Å²) >= 11 is 0. The van der Waals surface area contributed by atoms with E-state index in [0.717, 1.165) is 0 Å². The topological polar surface area (TPSA) is 130 Å². The summed E-state index contributed by atoms with van der Waals surface area (Å²) in [5, 5.41) is 8.60. The number of carboxylic acid groups (broad SMARTS) is 1. The van der Waals surface area contributed by atoms with Gasteiger partial charge in [0.05, 0.1) is 11.6 Å². The molecule has 8 nitrogen and oxygen atoms in total. The van der Waals surface area contributed by atoms with Crippen LogP contribution in [0, 0.1) is 0 Å². The molecule has 1 aromatic rings. The van der Waals surface area contributed by atoms with Gasteiger partial charge in [-0.25, -0.2) is 16.8 Å². The van der Waals surface area contributed by atoms with Crippen molar-refractivity contribution in [3.63, 3.8) is 0 Å². The van der Waals surface area contributed by atoms with Crippen molar-refractivity contribution < 1.29 is 53.1 Å². The van der Waals surface area contributed by atoms with Crippen LogP contribution >= 0.6 is 0 Å². The van der Waals surface area contributed by atoms with Gasteiger partial charge in [0.25, 0.3) is 0 Å². The molecule has 1 heterocycles. The SMILES string of the molecule is CC(C(=O)O)c1ccccn1.O=S(=O)(NS(=O)(=O)C(F)(F)F)C(F)(F)F. The van der Waals surface area contributed by atoms with Gasteiger partial charge in [-0.05, 0) is 19.1 Å². The molecular formula is C10H10F6N2O6S2. The summed E-state index contributed by atoms with van der Waals surface area (Å²) in [5.41, 5.74) is -11.7. The first-order valence-electron chi connectivity index (χ1n) is 5.97. The molecule has 0 aromatic carbocycles. The second-order valence-corrected chi connectivity index (χ2v) is 7.90. The predicted molar refractivity (Wildman–Crippen MR) is 73.4 cm³/mol. The number of pyridine rings is 1. The molecule has 26 heavy (non-hydrogen) atoms. The summed E-state index contributed by atoms with van der Waals surface area (Å²) in [6.45, 7) is 1.62. The molecule has 1 unspecified atom stereocenters. The van der Waals surface area contributed by atoms with Crippen molar-refractivity contribution in [2.75, 3.05) is 0 Å². The lowest BCUT2D eigenvalue weighted by Crippen LogP contribution is -2.45. The maximum Gasteiger partial charge on any atom is 0.512 e. The van der Waals surface area contributed by atoms with Crippen molar-refractivity contribution in [1.82, 2.24) is 9.11 Å². The first-order chi connectivity index (χ1) is 11.4. The third-order valence-electron chi connectivity index (χ3n) is 2.33. The van der Waals surface area contributed by atoms with Crippen LogP contribution in [0.2, 0.25) is 0 Å². The van der Waals surface area contributed by atoms with Crippen LogP contribution < -0.4 is 4.13 Å². The van der Waals surface area contributed by atoms with Gasteiger partial charge in [-0.3, -0.25) is 9.78 Å². The molecule has 0 aliphatic rings. The van der Waals surface area contributed by atoms with Crippen LogP contribution in [-0.2, 0) is 24.8 Å². The smallest absolute Gasteiger partial charge is 0.481 e. The molecular weight excluding hydrogens is 422 g/mol. The zero-order valence-electron chi connectivity index (χ0n) is 12.4. The van der Waals surface area contributed by atoms with Crippen LogP contribution in [0.3, 0.4) is 0 Å². The van der Waals surface area contributed by atoms with E-state index in [1.54, 1.807) is 31.3 Å². The fourth-order valence-corrected chi connectivity index (χ4v) is 2.91. The summed E-state index contributed by atoms with van der Waals surface area (Å²) < 4.78 is 108. The second-order valence-electron chi connectivity index (χ2n) is 4.30. The quantitative estimate of drug-likeness (QED) is 0.691. The molecule has 16 heteroatoms. The van der Waals surface area contributed by atoms with Crippen LogP contribution in [0.4, 0.5) is 26.3 Å². The number of rotatable bonds is 4. The van der Waals surface area contributed by atoms with Gasteiger partial charge in [0, 0.05) is 6.20 Å². The number of hydrogen-bond donors (Lipinski definition) is 2. The Labute approximate surface area is 143 Å². The molecule has 0 spiro atoms. The number of nitrogens with zero attached hydrogens (tertiary/aromatic N) is 1. The fraction of sp³-hybridized carbons (Fsp3) is 0.400. The molecule has 0 bridgehead atoms. The van der Waals surface area contributed by atoms with Gasteiger partial charge >= 0.3 is 37.0 Å². The minimum Gasteiger partial charge on any atom is -0.481 e. The van der Waals surface area contributed by atoms with E-state index >= 15 is 0 Å². The number of alkyl halides is 6. The van der Waals surface area contributed by atoms with Gasteiger partial charge in [-0.15, -0.1) is 0 Å². The largest absolute Gasteiger partial charge is 0.512 e. The Bertz CT molecular complexity index is 778. The summed E-state index contributed by atoms with van der Waals surface area (Å²) in [7, 11) is -13.2. The Morgan fingerprint density at radius 3 is 1.73 bits per heavy atom. The highest BCUT2D eigenvalue weighted by molar-refractivity contribution is 8.05. The highest BCUT2D eigenvalue weighted by atomic mass is 32.3. The Balaban J connectivity index is 0.000000502. The lowest BCUT2D eigenvalue weighted by atomic mass is 10.1. The molecule has 1 atom stereocenters. The number of carboxylic acids is 1. The van der Waals surface area contributed by atoms with Gasteiger partial charge in [-0.2, -0.15) is 26.3 Å². The molecule has 0 saturated heterocycles. The summed E-state index contributed by atoms with van der Waals surface area (Å²) in [6.07, 6.45) is 1.59. The van der Waals surface area contributed by atoms with Crippen molar-refractivity contribution in [1.29, 1.82) is 0 Å². The van der Waals surface area contributed by atoms with Gasteiger partial charge in [0.15, 0.2) is 0 Å². The summed E-state index contributed by atoms with van der Waals surface area (Å²) in [4.78, 5) is 14.4. The molecule has 0 aliphatic heterocycles. The van der Waals surface area contributed by atoms with Crippen molar-refractivity contribution in [2.24, 2.45) is 0 Å². The van der Waals surface area contributed by atoms with Gasteiger partial charge in [-0.1, -0.05) is 10.2 Å². The second kappa shape index (κ2) is 8.17. The Morgan fingerprint density at radius 2 is 1.46 bits per heavy atom. The average molecular weight is 432 g/mol. The Hall–Kier alpha value is -1.94. The number of sulfonamides is 2. The van der Waals surface area contributed by atoms with E-state index in [4.69, 9.17) is 5.11 Å². The third-order valence-corrected chi connectivity index (χ3v) is 5.30. The number of carbonyl (C=O) groups is 1. The minimum absolute atomic E-state index is 0.493. The average Bonchev–Trinajstić information content (AvgIpc) is 2.44. The molecule has 0 fully saturated rings. The Morgan fingerprint density at radius 1 is 1.04 bits per heavy atom. The summed E-state index contributed by atoms with van der Waals surface area (Å²) in [6, 6.07) is 5.25. The molecule has 150 valence electrons. The van der Waals surface area contributed by atoms with Crippen molar-refractivity contribution >= 4 is 26.0 Å². The van der Waals surface area contributed by atoms with E-state index < -0.39 is 47.1 Å². The molecule has 0 radical (unpaired) electrons. The molecule has 0 aliphatic carbocycles. The molecule has 0 amide bonds. The van der Waals surface area contributed by atoms with E-state index in [-0.39, 0.29) is 0 Å². The molecule has 2 N–H and O–H groups in total. The van der Waals surface area contributed by atoms with Crippen LogP contribution in [-0.4, -0.2) is 43.9 Å². The van der Waals surface area contributed by atoms with Gasteiger partial charge in [0.1, 0.15) is 0 Å². The van der Waals surface area contributed by atoms with E-state index in [9.17, 15) is 48.0 Å². The third kappa shape index (κ3) is 6.75. The number of nitrogens with one attached hydrogen (secondary N) is 1. The normalized spacial score (nSPS) is 14.1. The number of aliphatic carboxylic acids is 1. The lowest BCUT2D eigenvalue weighted by Gasteiger charge is -2.11. The van der Waals surface area contributed by atoms with E-state index in [1.165, 1.54) is 0 Å². The zero-order valence-corrected chi connectivity index (χ0v) is 14.0. The highest BCUT2D eigenvalue weighted by Crippen LogP contribution is 2.27. The van der Waals surface area contributed by atoms with Crippen LogP contribution in [0.1, 0.15) is 18.5 Å². The lowest BCUT2D eigenvalue weighted by molar-refractivity contribution is -0.138. The van der Waals surface area contributed by atoms with Crippen molar-refractivity contribution in [2.45, 2.75) is 23.9 Å². The molecule has 1 aromatic heterocycles. The van der Waals surface area contributed by atoms with Gasteiger partial charge < -0.3 is 5.11 Å². The number of hydrogen-bond acceptors (Lipinski definition) is 6. The van der Waals surface area contributed by atoms with E-state index in [2.05, 4.69) is 4.98 Å². The number of aromatic nitrogens is 1. The predicted octanol–water partition coefficient (Wildman–Crippen LogP) is 1.54. The first-order valence-corrected chi connectivity index (χ1v) is 8.94. The molecule has 1 rings (SSSR count). The van der Waals surface area contributed by atoms with Gasteiger partial charge in [0.2, 0.25) is 0 Å².